The van der Waals surface area contributed by atoms with E-state index < -0.39 is 6.02 Å². The minimum absolute atomic E-state index is 0.0125. The minimum atomic E-state index is -0.767. The Morgan fingerprint density at radius 2 is 1.55 bits per heavy atom. The summed E-state index contributed by atoms with van der Waals surface area (Å²) < 4.78 is 29.2. The van der Waals surface area contributed by atoms with Gasteiger partial charge in [0, 0.05) is 49.4 Å². The molecule has 2 aliphatic heterocycles. The van der Waals surface area contributed by atoms with E-state index in [2.05, 4.69) is 61.0 Å². The summed E-state index contributed by atoms with van der Waals surface area (Å²) in [4.78, 5) is 36.7. The zero-order chi connectivity index (χ0) is 33.4. The van der Waals surface area contributed by atoms with Gasteiger partial charge in [-0.25, -0.2) is 35.5 Å². The molecule has 6 heterocycles. The minimum Gasteiger partial charge on any atom is -0.418 e. The van der Waals surface area contributed by atoms with Gasteiger partial charge in [-0.05, 0) is 17.3 Å². The third kappa shape index (κ3) is 7.12. The number of ketones is 1. The molecule has 49 heavy (non-hydrogen) atoms. The quantitative estimate of drug-likeness (QED) is 0.226. The molecule has 20 heteroatoms. The van der Waals surface area contributed by atoms with Crippen molar-refractivity contribution in [3.05, 3.63) is 104 Å². The Morgan fingerprint density at radius 3 is 2.37 bits per heavy atom. The highest BCUT2D eigenvalue weighted by molar-refractivity contribution is 6.37. The second-order valence-corrected chi connectivity index (χ2v) is 9.27. The lowest BCUT2D eigenvalue weighted by atomic mass is 10.2. The van der Waals surface area contributed by atoms with Crippen LogP contribution in [0.2, 0.25) is 0 Å². The number of anilines is 1. The summed E-state index contributed by atoms with van der Waals surface area (Å²) in [5.41, 5.74) is 3.06. The standard InChI is InChI=1S/C29H18N13O7/c43-18-7-4-11-30-22(18)46-20-9-12-33-29(36-20)45-19-8-13-34-39-23(19)48-24-25(32-16-15-31-24)49-27-26(47-21-10-14-35-41-38-21)37-28(44)40-42(27)17-5-2-1-3-6-17/h1-6,8-16H,7H2,(H,37,40). The van der Waals surface area contributed by atoms with Gasteiger partial charge in [-0.2, -0.15) is 15.1 Å². The number of hydrogen-bond donors (Lipinski definition) is 1. The van der Waals surface area contributed by atoms with E-state index in [1.54, 1.807) is 36.4 Å². The molecule has 0 bridgehead atoms. The number of rotatable bonds is 10. The van der Waals surface area contributed by atoms with Crippen LogP contribution in [0, 0.1) is 0 Å². The Labute approximate surface area is 274 Å². The van der Waals surface area contributed by atoms with Gasteiger partial charge in [0.05, 0.1) is 18.1 Å². The summed E-state index contributed by atoms with van der Waals surface area (Å²) in [7, 11) is 0. The first-order valence-electron chi connectivity index (χ1n) is 14.0. The molecule has 0 aliphatic carbocycles. The van der Waals surface area contributed by atoms with E-state index in [1.807, 2.05) is 0 Å². The second kappa shape index (κ2) is 13.8. The van der Waals surface area contributed by atoms with Crippen molar-refractivity contribution in [3.63, 3.8) is 0 Å². The lowest BCUT2D eigenvalue weighted by Gasteiger charge is -2.29. The number of Topliss-reactive ketones (excluding diaryl/α,β-unsaturated/α-hetero) is 1. The molecule has 0 fully saturated rings. The van der Waals surface area contributed by atoms with Crippen LogP contribution < -0.4 is 34.1 Å². The molecule has 241 valence electrons. The highest BCUT2D eigenvalue weighted by Crippen LogP contribution is 2.35. The molecule has 5 aromatic rings. The van der Waals surface area contributed by atoms with Gasteiger partial charge in [0.15, 0.2) is 5.75 Å². The van der Waals surface area contributed by atoms with Crippen LogP contribution in [0.3, 0.4) is 0 Å². The van der Waals surface area contributed by atoms with Crippen molar-refractivity contribution in [2.75, 3.05) is 5.01 Å². The van der Waals surface area contributed by atoms with E-state index in [-0.39, 0.29) is 71.0 Å². The van der Waals surface area contributed by atoms with Crippen LogP contribution >= 0.6 is 0 Å². The summed E-state index contributed by atoms with van der Waals surface area (Å²) >= 11 is 0. The predicted octanol–water partition coefficient (Wildman–Crippen LogP) is 2.49. The van der Waals surface area contributed by atoms with Crippen LogP contribution in [0.4, 0.5) is 5.69 Å². The third-order valence-corrected chi connectivity index (χ3v) is 6.01. The van der Waals surface area contributed by atoms with Crippen molar-refractivity contribution >= 4 is 23.4 Å². The van der Waals surface area contributed by atoms with Gasteiger partial charge in [0.2, 0.25) is 17.5 Å². The van der Waals surface area contributed by atoms with Gasteiger partial charge in [-0.15, -0.1) is 10.2 Å². The van der Waals surface area contributed by atoms with E-state index in [0.717, 1.165) is 0 Å². The number of aliphatic imine (C=N–C) groups is 2. The van der Waals surface area contributed by atoms with Crippen LogP contribution in [0.15, 0.2) is 114 Å². The average Bonchev–Trinajstić information content (AvgIpc) is 3.13. The third-order valence-electron chi connectivity index (χ3n) is 6.01. The van der Waals surface area contributed by atoms with E-state index >= 15 is 0 Å². The maximum Gasteiger partial charge on any atom is 0.363 e. The molecule has 0 spiro atoms. The number of carbonyl (C=O) groups excluding carboxylic acids is 1. The fraction of sp³-hybridized carbons (Fsp3) is 0.0345. The Kier molecular flexibility index (Phi) is 8.45. The van der Waals surface area contributed by atoms with Gasteiger partial charge < -0.3 is 23.7 Å². The van der Waals surface area contributed by atoms with E-state index in [9.17, 15) is 9.90 Å². The van der Waals surface area contributed by atoms with Crippen molar-refractivity contribution < 1.29 is 33.6 Å². The topological polar surface area (TPSA) is 239 Å². The molecule has 7 rings (SSSR count). The number of aromatic nitrogens is 9. The average molecular weight is 661 g/mol. The number of nitrogens with one attached hydrogen (secondary N) is 1. The van der Waals surface area contributed by atoms with Crippen molar-refractivity contribution in [2.45, 2.75) is 6.42 Å². The molecule has 0 unspecified atom stereocenters. The Balaban J connectivity index is 1.18. The zero-order valence-electron chi connectivity index (χ0n) is 24.6. The lowest BCUT2D eigenvalue weighted by Crippen LogP contribution is -2.46. The fourth-order valence-electron chi connectivity index (χ4n) is 3.95. The van der Waals surface area contributed by atoms with Crippen molar-refractivity contribution in [1.82, 2.24) is 51.0 Å². The van der Waals surface area contributed by atoms with Gasteiger partial charge in [-0.1, -0.05) is 29.4 Å². The summed E-state index contributed by atoms with van der Waals surface area (Å²) in [5.74, 6) is -1.46. The molecule has 4 aromatic heterocycles. The Bertz CT molecular complexity index is 2110. The monoisotopic (exact) mass is 660 g/mol. The number of allylic oxidation sites excluding steroid dienone is 1. The molecule has 0 saturated carbocycles. The number of nitrogens with zero attached hydrogens (tertiary/aromatic N) is 12. The van der Waals surface area contributed by atoms with E-state index in [1.165, 1.54) is 60.4 Å². The van der Waals surface area contributed by atoms with Gasteiger partial charge in [0.25, 0.3) is 35.3 Å². The highest BCUT2D eigenvalue weighted by atomic mass is 16.6. The normalized spacial score (nSPS) is 14.0. The zero-order valence-corrected chi connectivity index (χ0v) is 24.6. The fourth-order valence-corrected chi connectivity index (χ4v) is 3.95. The summed E-state index contributed by atoms with van der Waals surface area (Å²) in [6.45, 7) is 0. The first-order chi connectivity index (χ1) is 24.1. The lowest BCUT2D eigenvalue weighted by molar-refractivity contribution is -0.113. The molecule has 0 atom stereocenters. The summed E-state index contributed by atoms with van der Waals surface area (Å²) in [5, 5.41) is 32.7. The number of hydrazine groups is 1. The molecule has 1 radical (unpaired) electrons. The number of hydrogen-bond acceptors (Lipinski definition) is 19. The molecule has 1 aromatic carbocycles. The molecule has 20 nitrogen and oxygen atoms in total. The first kappa shape index (κ1) is 30.0. The number of carbonyl (C=O) groups is 1. The molecule has 0 saturated heterocycles. The molecular weight excluding hydrogens is 642 g/mol. The van der Waals surface area contributed by atoms with Crippen molar-refractivity contribution in [2.24, 2.45) is 9.98 Å². The van der Waals surface area contributed by atoms with Crippen molar-refractivity contribution in [3.8, 4) is 41.2 Å². The van der Waals surface area contributed by atoms with Crippen LogP contribution in [-0.4, -0.2) is 63.2 Å². The van der Waals surface area contributed by atoms with Crippen LogP contribution in [0.25, 0.3) is 0 Å². The Morgan fingerprint density at radius 1 is 0.735 bits per heavy atom. The van der Waals surface area contributed by atoms with Crippen LogP contribution in [-0.2, 0) is 9.90 Å². The molecule has 1 N–H and O–H groups in total. The van der Waals surface area contributed by atoms with Crippen molar-refractivity contribution in [1.29, 1.82) is 0 Å². The maximum atomic E-state index is 12.6. The highest BCUT2D eigenvalue weighted by Gasteiger charge is 2.31. The van der Waals surface area contributed by atoms with Gasteiger partial charge in [-0.3, -0.25) is 4.79 Å². The molecule has 2 aliphatic rings. The predicted molar refractivity (Wildman–Crippen MR) is 161 cm³/mol. The van der Waals surface area contributed by atoms with E-state index in [0.29, 0.717) is 5.69 Å². The molecule has 0 amide bonds. The number of para-hydroxylation sites is 1. The molecular formula is C29H18N13O7. The van der Waals surface area contributed by atoms with E-state index in [4.69, 9.17) is 23.7 Å². The SMILES string of the molecule is [O]C1=NC(Oc2ccnnn2)=C(Oc2nccnc2Oc2nnccc2Oc2nccc(OC3=NC=CCC3=O)n2)N(c2ccccc2)N1. The Hall–Kier alpha value is -7.64. The maximum absolute atomic E-state index is 12.6. The smallest absolute Gasteiger partial charge is 0.363 e. The summed E-state index contributed by atoms with van der Waals surface area (Å²) in [6, 6.07) is 12.0. The first-order valence-corrected chi connectivity index (χ1v) is 14.0. The van der Waals surface area contributed by atoms with Gasteiger partial charge in [0.1, 0.15) is 0 Å². The largest absolute Gasteiger partial charge is 0.418 e. The number of amidine groups is 1. The van der Waals surface area contributed by atoms with Crippen LogP contribution in [0.1, 0.15) is 6.42 Å². The van der Waals surface area contributed by atoms with Crippen LogP contribution in [0.5, 0.6) is 41.2 Å². The summed E-state index contributed by atoms with van der Waals surface area (Å²) in [6.07, 6.45) is 9.96. The second-order valence-electron chi connectivity index (χ2n) is 9.27. The van der Waals surface area contributed by atoms with Gasteiger partial charge >= 0.3 is 12.0 Å². The number of benzene rings is 1. The number of ether oxygens (including phenoxy) is 5.